The number of rotatable bonds is 2. The maximum Gasteiger partial charge on any atom is 0.276 e. The highest BCUT2D eigenvalue weighted by Crippen LogP contribution is 2.16. The number of aryl methyl sites for hydroxylation is 1. The van der Waals surface area contributed by atoms with Gasteiger partial charge in [0.1, 0.15) is 5.69 Å². The molecule has 0 aliphatic carbocycles. The number of carbonyl (C=O) groups is 2. The average molecular weight is 237 g/mol. The summed E-state index contributed by atoms with van der Waals surface area (Å²) in [5.41, 5.74) is 2.37. The Morgan fingerprint density at radius 1 is 1.53 bits per heavy atom. The van der Waals surface area contributed by atoms with E-state index >= 15 is 0 Å². The Labute approximate surface area is 98.8 Å². The normalized spacial score (nSPS) is 15.4. The van der Waals surface area contributed by atoms with E-state index < -0.39 is 5.91 Å². The van der Waals surface area contributed by atoms with Crippen molar-refractivity contribution in [1.82, 2.24) is 14.9 Å². The van der Waals surface area contributed by atoms with Gasteiger partial charge >= 0.3 is 0 Å². The van der Waals surface area contributed by atoms with Crippen LogP contribution in [0.1, 0.15) is 34.2 Å². The van der Waals surface area contributed by atoms with Crippen LogP contribution in [0.3, 0.4) is 0 Å². The summed E-state index contributed by atoms with van der Waals surface area (Å²) in [6.45, 7) is 4.03. The van der Waals surface area contributed by atoms with Crippen LogP contribution in [0.4, 0.5) is 0 Å². The Morgan fingerprint density at radius 3 is 2.94 bits per heavy atom. The van der Waals surface area contributed by atoms with Crippen molar-refractivity contribution in [2.75, 3.05) is 13.1 Å². The van der Waals surface area contributed by atoms with Gasteiger partial charge in [0.05, 0.1) is 5.56 Å². The minimum atomic E-state index is -0.596. The van der Waals surface area contributed by atoms with Crippen LogP contribution >= 0.6 is 0 Å². The monoisotopic (exact) mass is 237 g/mol. The van der Waals surface area contributed by atoms with E-state index in [2.05, 4.69) is 0 Å². The highest BCUT2D eigenvalue weighted by molar-refractivity contribution is 5.99. The molecule has 1 aliphatic heterocycles. The molecule has 0 atom stereocenters. The number of carbonyl (C=O) groups excluding carboxylic acids is 2. The quantitative estimate of drug-likeness (QED) is 0.580. The first-order valence-electron chi connectivity index (χ1n) is 5.61. The molecule has 6 nitrogen and oxygen atoms in total. The second kappa shape index (κ2) is 4.58. The first kappa shape index (κ1) is 11.7. The summed E-state index contributed by atoms with van der Waals surface area (Å²) in [6, 6.07) is 1.52. The highest BCUT2D eigenvalue weighted by atomic mass is 16.5. The lowest BCUT2D eigenvalue weighted by Crippen LogP contribution is -2.30. The zero-order valence-electron chi connectivity index (χ0n) is 9.64. The van der Waals surface area contributed by atoms with Crippen LogP contribution in [-0.2, 0) is 6.54 Å². The maximum atomic E-state index is 12.1. The SMILES string of the molecule is CCN1CCCn2cc(C(=O)NO)cc2C1=O. The summed E-state index contributed by atoms with van der Waals surface area (Å²) in [7, 11) is 0. The molecule has 2 amide bonds. The van der Waals surface area contributed by atoms with E-state index in [1.54, 1.807) is 21.1 Å². The predicted molar refractivity (Wildman–Crippen MR) is 59.9 cm³/mol. The number of nitrogens with zero attached hydrogens (tertiary/aromatic N) is 2. The number of hydrogen-bond acceptors (Lipinski definition) is 3. The Kier molecular flexibility index (Phi) is 3.14. The van der Waals surface area contributed by atoms with Crippen molar-refractivity contribution >= 4 is 11.8 Å². The molecule has 0 spiro atoms. The molecule has 2 heterocycles. The minimum Gasteiger partial charge on any atom is -0.343 e. The summed E-state index contributed by atoms with van der Waals surface area (Å²) in [5, 5.41) is 8.56. The average Bonchev–Trinajstić information content (AvgIpc) is 2.71. The molecule has 1 aromatic rings. The van der Waals surface area contributed by atoms with E-state index in [9.17, 15) is 9.59 Å². The fourth-order valence-corrected chi connectivity index (χ4v) is 2.06. The molecule has 1 aromatic heterocycles. The van der Waals surface area contributed by atoms with E-state index in [-0.39, 0.29) is 5.91 Å². The van der Waals surface area contributed by atoms with E-state index in [0.717, 1.165) is 13.0 Å². The number of aromatic nitrogens is 1. The zero-order valence-corrected chi connectivity index (χ0v) is 9.64. The van der Waals surface area contributed by atoms with Crippen LogP contribution in [0.25, 0.3) is 0 Å². The third-order valence-corrected chi connectivity index (χ3v) is 2.98. The van der Waals surface area contributed by atoms with Gasteiger partial charge in [0, 0.05) is 25.8 Å². The van der Waals surface area contributed by atoms with Crippen LogP contribution < -0.4 is 5.48 Å². The lowest BCUT2D eigenvalue weighted by Gasteiger charge is -2.17. The van der Waals surface area contributed by atoms with Crippen LogP contribution in [0.5, 0.6) is 0 Å². The lowest BCUT2D eigenvalue weighted by atomic mass is 10.3. The molecule has 0 radical (unpaired) electrons. The van der Waals surface area contributed by atoms with Crippen LogP contribution in [0, 0.1) is 0 Å². The molecule has 2 N–H and O–H groups in total. The first-order valence-corrected chi connectivity index (χ1v) is 5.61. The van der Waals surface area contributed by atoms with Gasteiger partial charge in [-0.2, -0.15) is 0 Å². The summed E-state index contributed by atoms with van der Waals surface area (Å²) in [4.78, 5) is 25.1. The third kappa shape index (κ3) is 2.03. The van der Waals surface area contributed by atoms with Gasteiger partial charge < -0.3 is 9.47 Å². The second-order valence-electron chi connectivity index (χ2n) is 3.99. The lowest BCUT2D eigenvalue weighted by molar-refractivity contribution is 0.0706. The van der Waals surface area contributed by atoms with Crippen molar-refractivity contribution < 1.29 is 14.8 Å². The van der Waals surface area contributed by atoms with Gasteiger partial charge in [0.25, 0.3) is 11.8 Å². The Balaban J connectivity index is 2.37. The van der Waals surface area contributed by atoms with Crippen molar-refractivity contribution in [1.29, 1.82) is 0 Å². The van der Waals surface area contributed by atoms with Gasteiger partial charge in [0.15, 0.2) is 0 Å². The maximum absolute atomic E-state index is 12.1. The van der Waals surface area contributed by atoms with E-state index in [1.807, 2.05) is 6.92 Å². The molecule has 0 aromatic carbocycles. The first-order chi connectivity index (χ1) is 8.17. The summed E-state index contributed by atoms with van der Waals surface area (Å²) < 4.78 is 1.77. The van der Waals surface area contributed by atoms with Gasteiger partial charge in [0.2, 0.25) is 0 Å². The van der Waals surface area contributed by atoms with Crippen molar-refractivity contribution in [3.05, 3.63) is 23.5 Å². The fourth-order valence-electron chi connectivity index (χ4n) is 2.06. The van der Waals surface area contributed by atoms with Crippen LogP contribution in [0.2, 0.25) is 0 Å². The smallest absolute Gasteiger partial charge is 0.276 e. The molecule has 0 saturated heterocycles. The number of fused-ring (bicyclic) bond motifs is 1. The summed E-state index contributed by atoms with van der Waals surface area (Å²) in [5.74, 6) is -0.664. The fraction of sp³-hybridized carbons (Fsp3) is 0.455. The second-order valence-corrected chi connectivity index (χ2v) is 3.99. The minimum absolute atomic E-state index is 0.0676. The van der Waals surface area contributed by atoms with E-state index in [4.69, 9.17) is 5.21 Å². The predicted octanol–water partition coefficient (Wildman–Crippen LogP) is 0.473. The molecular weight excluding hydrogens is 222 g/mol. The van der Waals surface area contributed by atoms with Crippen molar-refractivity contribution in [2.45, 2.75) is 19.9 Å². The molecule has 2 rings (SSSR count). The Hall–Kier alpha value is -1.82. The van der Waals surface area contributed by atoms with Crippen LogP contribution in [0.15, 0.2) is 12.3 Å². The standard InChI is InChI=1S/C11H15N3O3/c1-2-13-4-3-5-14-7-8(10(15)12-17)6-9(14)11(13)16/h6-7,17H,2-5H2,1H3,(H,12,15). The third-order valence-electron chi connectivity index (χ3n) is 2.98. The highest BCUT2D eigenvalue weighted by Gasteiger charge is 2.23. The molecule has 1 aliphatic rings. The van der Waals surface area contributed by atoms with Gasteiger partial charge in [-0.05, 0) is 19.4 Å². The zero-order chi connectivity index (χ0) is 12.4. The summed E-state index contributed by atoms with van der Waals surface area (Å²) in [6.07, 6.45) is 2.46. The number of nitrogens with one attached hydrogen (secondary N) is 1. The molecule has 0 fully saturated rings. The van der Waals surface area contributed by atoms with Crippen molar-refractivity contribution in [3.8, 4) is 0 Å². The Morgan fingerprint density at radius 2 is 2.29 bits per heavy atom. The number of amides is 2. The van der Waals surface area contributed by atoms with Crippen molar-refractivity contribution in [3.63, 3.8) is 0 Å². The topological polar surface area (TPSA) is 74.6 Å². The molecule has 0 bridgehead atoms. The van der Waals surface area contributed by atoms with Crippen LogP contribution in [-0.4, -0.2) is 39.6 Å². The van der Waals surface area contributed by atoms with Gasteiger partial charge in [-0.25, -0.2) is 5.48 Å². The summed E-state index contributed by atoms with van der Waals surface area (Å²) >= 11 is 0. The van der Waals surface area contributed by atoms with Gasteiger partial charge in [-0.3, -0.25) is 14.8 Å². The van der Waals surface area contributed by atoms with Gasteiger partial charge in [-0.15, -0.1) is 0 Å². The van der Waals surface area contributed by atoms with E-state index in [0.29, 0.717) is 24.3 Å². The van der Waals surface area contributed by atoms with Crippen molar-refractivity contribution in [2.24, 2.45) is 0 Å². The molecule has 17 heavy (non-hydrogen) atoms. The molecule has 92 valence electrons. The van der Waals surface area contributed by atoms with Gasteiger partial charge in [-0.1, -0.05) is 0 Å². The molecule has 0 saturated carbocycles. The molecule has 6 heteroatoms. The number of hydrogen-bond donors (Lipinski definition) is 2. The number of hydroxylamine groups is 1. The molecule has 0 unspecified atom stereocenters. The largest absolute Gasteiger partial charge is 0.343 e. The van der Waals surface area contributed by atoms with E-state index in [1.165, 1.54) is 6.07 Å². The Bertz CT molecular complexity index is 453. The molecular formula is C11H15N3O3.